The molecule has 4 saturated carbocycles. The highest BCUT2D eigenvalue weighted by atomic mass is 16.6. The first-order valence-corrected chi connectivity index (χ1v) is 6.63. The van der Waals surface area contributed by atoms with Crippen LogP contribution in [0.4, 0.5) is 0 Å². The van der Waals surface area contributed by atoms with Gasteiger partial charge in [0, 0.05) is 6.42 Å². The van der Waals surface area contributed by atoms with Gasteiger partial charge in [0.15, 0.2) is 6.29 Å². The van der Waals surface area contributed by atoms with E-state index in [9.17, 15) is 10.2 Å². The summed E-state index contributed by atoms with van der Waals surface area (Å²) in [6.45, 7) is 5.51. The average Bonchev–Trinajstić information content (AvgIpc) is 2.11. The minimum Gasteiger partial charge on any atom is -0.390 e. The van der Waals surface area contributed by atoms with Crippen molar-refractivity contribution in [3.63, 3.8) is 0 Å². The van der Waals surface area contributed by atoms with Crippen molar-refractivity contribution in [2.24, 2.45) is 11.8 Å². The van der Waals surface area contributed by atoms with Gasteiger partial charge < -0.3 is 14.9 Å². The fourth-order valence-corrected chi connectivity index (χ4v) is 4.61. The molecule has 0 spiro atoms. The van der Waals surface area contributed by atoms with Gasteiger partial charge in [0.2, 0.25) is 0 Å². The van der Waals surface area contributed by atoms with Crippen LogP contribution in [0.5, 0.6) is 0 Å². The molecule has 3 nitrogen and oxygen atoms in total. The van der Waals surface area contributed by atoms with Gasteiger partial charge in [-0.25, -0.2) is 0 Å². The summed E-state index contributed by atoms with van der Waals surface area (Å²) in [5.41, 5.74) is -0.177. The number of hydrogen-bond donors (Lipinski definition) is 2. The van der Waals surface area contributed by atoms with Gasteiger partial charge in [0.05, 0.1) is 11.2 Å². The third kappa shape index (κ3) is 1.94. The molecule has 0 radical (unpaired) electrons. The Kier molecular flexibility index (Phi) is 2.45. The van der Waals surface area contributed by atoms with Crippen LogP contribution in [0, 0.1) is 11.8 Å². The molecule has 4 bridgehead atoms. The second-order valence-electron chi connectivity index (χ2n) is 6.68. The summed E-state index contributed by atoms with van der Waals surface area (Å²) >= 11 is 0. The largest absolute Gasteiger partial charge is 0.390 e. The Labute approximate surface area is 102 Å². The van der Waals surface area contributed by atoms with E-state index in [2.05, 4.69) is 6.58 Å². The van der Waals surface area contributed by atoms with E-state index in [1.165, 1.54) is 6.42 Å². The molecule has 0 saturated heterocycles. The second-order valence-corrected chi connectivity index (χ2v) is 6.68. The van der Waals surface area contributed by atoms with Gasteiger partial charge in [-0.1, -0.05) is 6.58 Å². The van der Waals surface area contributed by atoms with E-state index in [1.54, 1.807) is 6.92 Å². The standard InChI is InChI=1S/C14H22O3/c1-9(2)12(15)17-14-6-10-3-11(7-14)5-13(16,4-10)8-14/h10-12,15-16H,1,3-8H2,2H3. The summed E-state index contributed by atoms with van der Waals surface area (Å²) < 4.78 is 5.87. The topological polar surface area (TPSA) is 49.7 Å². The Balaban J connectivity index is 1.81. The van der Waals surface area contributed by atoms with Gasteiger partial charge in [-0.15, -0.1) is 0 Å². The Hall–Kier alpha value is -0.380. The highest BCUT2D eigenvalue weighted by molar-refractivity contribution is 5.10. The normalized spacial score (nSPS) is 49.4. The quantitative estimate of drug-likeness (QED) is 0.584. The van der Waals surface area contributed by atoms with Crippen molar-refractivity contribution in [3.8, 4) is 0 Å². The van der Waals surface area contributed by atoms with Crippen molar-refractivity contribution < 1.29 is 14.9 Å². The van der Waals surface area contributed by atoms with E-state index in [0.717, 1.165) is 25.7 Å². The number of rotatable bonds is 3. The van der Waals surface area contributed by atoms with Gasteiger partial charge in [0.25, 0.3) is 0 Å². The van der Waals surface area contributed by atoms with Crippen molar-refractivity contribution in [2.45, 2.75) is 62.9 Å². The van der Waals surface area contributed by atoms with E-state index in [1.807, 2.05) is 0 Å². The Bertz CT molecular complexity index is 335. The van der Waals surface area contributed by atoms with E-state index in [-0.39, 0.29) is 5.60 Å². The molecule has 3 heteroatoms. The molecule has 3 unspecified atom stereocenters. The predicted molar refractivity (Wildman–Crippen MR) is 64.3 cm³/mol. The summed E-state index contributed by atoms with van der Waals surface area (Å²) in [6, 6.07) is 0. The fraction of sp³-hybridized carbons (Fsp3) is 0.857. The molecular weight excluding hydrogens is 216 g/mol. The molecule has 0 aromatic heterocycles. The summed E-state index contributed by atoms with van der Waals surface area (Å²) in [6.07, 6.45) is 4.89. The molecule has 4 rings (SSSR count). The lowest BCUT2D eigenvalue weighted by molar-refractivity contribution is -0.260. The maximum absolute atomic E-state index is 10.5. The molecule has 0 aliphatic heterocycles. The smallest absolute Gasteiger partial charge is 0.177 e. The van der Waals surface area contributed by atoms with Crippen LogP contribution >= 0.6 is 0 Å². The number of ether oxygens (including phenoxy) is 1. The van der Waals surface area contributed by atoms with E-state index < -0.39 is 11.9 Å². The van der Waals surface area contributed by atoms with Crippen LogP contribution in [-0.4, -0.2) is 27.7 Å². The first-order valence-electron chi connectivity index (χ1n) is 6.63. The molecule has 4 aliphatic carbocycles. The predicted octanol–water partition coefficient (Wildman–Crippen LogP) is 1.98. The van der Waals surface area contributed by atoms with Crippen LogP contribution in [0.25, 0.3) is 0 Å². The van der Waals surface area contributed by atoms with Gasteiger partial charge in [-0.05, 0) is 56.4 Å². The lowest BCUT2D eigenvalue weighted by Crippen LogP contribution is -2.60. The van der Waals surface area contributed by atoms with Crippen LogP contribution in [-0.2, 0) is 4.74 Å². The fourth-order valence-electron chi connectivity index (χ4n) is 4.61. The van der Waals surface area contributed by atoms with Crippen molar-refractivity contribution in [2.75, 3.05) is 0 Å². The molecular formula is C14H22O3. The van der Waals surface area contributed by atoms with Crippen LogP contribution in [0.15, 0.2) is 12.2 Å². The molecule has 17 heavy (non-hydrogen) atoms. The van der Waals surface area contributed by atoms with Crippen LogP contribution in [0.3, 0.4) is 0 Å². The summed E-state index contributed by atoms with van der Waals surface area (Å²) in [7, 11) is 0. The lowest BCUT2D eigenvalue weighted by atomic mass is 9.52. The molecule has 2 N–H and O–H groups in total. The van der Waals surface area contributed by atoms with E-state index in [4.69, 9.17) is 4.74 Å². The molecule has 0 aromatic rings. The van der Waals surface area contributed by atoms with Crippen molar-refractivity contribution >= 4 is 0 Å². The second kappa shape index (κ2) is 3.56. The Morgan fingerprint density at radius 2 is 1.88 bits per heavy atom. The highest BCUT2D eigenvalue weighted by Crippen LogP contribution is 2.59. The number of hydrogen-bond acceptors (Lipinski definition) is 3. The lowest BCUT2D eigenvalue weighted by Gasteiger charge is -2.60. The molecule has 0 amide bonds. The van der Waals surface area contributed by atoms with Gasteiger partial charge in [-0.3, -0.25) is 0 Å². The van der Waals surface area contributed by atoms with Crippen LogP contribution in [0.2, 0.25) is 0 Å². The van der Waals surface area contributed by atoms with E-state index >= 15 is 0 Å². The minimum absolute atomic E-state index is 0.294. The zero-order valence-electron chi connectivity index (χ0n) is 10.5. The number of aliphatic hydroxyl groups is 2. The first-order chi connectivity index (χ1) is 7.90. The van der Waals surface area contributed by atoms with Crippen molar-refractivity contribution in [1.82, 2.24) is 0 Å². The zero-order valence-corrected chi connectivity index (χ0v) is 10.5. The third-order valence-electron chi connectivity index (χ3n) is 4.76. The summed E-state index contributed by atoms with van der Waals surface area (Å²) in [4.78, 5) is 0. The molecule has 0 heterocycles. The highest BCUT2D eigenvalue weighted by Gasteiger charge is 2.58. The molecule has 4 fully saturated rings. The average molecular weight is 238 g/mol. The Morgan fingerprint density at radius 1 is 1.29 bits per heavy atom. The minimum atomic E-state index is -0.880. The van der Waals surface area contributed by atoms with Gasteiger partial charge in [0.1, 0.15) is 0 Å². The zero-order chi connectivity index (χ0) is 12.3. The van der Waals surface area contributed by atoms with Crippen LogP contribution < -0.4 is 0 Å². The molecule has 0 aromatic carbocycles. The Morgan fingerprint density at radius 3 is 2.35 bits per heavy atom. The first kappa shape index (κ1) is 11.7. The van der Waals surface area contributed by atoms with Crippen molar-refractivity contribution in [1.29, 1.82) is 0 Å². The molecule has 3 atom stereocenters. The monoisotopic (exact) mass is 238 g/mol. The van der Waals surface area contributed by atoms with Gasteiger partial charge >= 0.3 is 0 Å². The number of aliphatic hydroxyl groups excluding tert-OH is 1. The molecule has 96 valence electrons. The third-order valence-corrected chi connectivity index (χ3v) is 4.76. The maximum Gasteiger partial charge on any atom is 0.177 e. The van der Waals surface area contributed by atoms with Gasteiger partial charge in [-0.2, -0.15) is 0 Å². The maximum atomic E-state index is 10.5. The van der Waals surface area contributed by atoms with Crippen LogP contribution in [0.1, 0.15) is 45.4 Å². The van der Waals surface area contributed by atoms with Crippen molar-refractivity contribution in [3.05, 3.63) is 12.2 Å². The molecule has 4 aliphatic rings. The summed E-state index contributed by atoms with van der Waals surface area (Å²) in [5, 5.41) is 20.4. The SMILES string of the molecule is C=C(C)C(O)OC12CC3CC(CC(O)(C3)C1)C2. The van der Waals surface area contributed by atoms with E-state index in [0.29, 0.717) is 23.8 Å². The summed E-state index contributed by atoms with van der Waals surface area (Å²) in [5.74, 6) is 1.16.